The van der Waals surface area contributed by atoms with Crippen molar-refractivity contribution in [2.45, 2.75) is 19.9 Å². The molecule has 0 fully saturated rings. The maximum Gasteiger partial charge on any atom is 0.338 e. The Labute approximate surface area is 213 Å². The number of carbonyl (C=O) groups excluding carboxylic acids is 1. The van der Waals surface area contributed by atoms with Crippen LogP contribution in [-0.2, 0) is 9.53 Å². The highest BCUT2D eigenvalue weighted by Gasteiger charge is 2.35. The molecule has 2 aromatic carbocycles. The summed E-state index contributed by atoms with van der Waals surface area (Å²) in [5.41, 5.74) is 3.15. The van der Waals surface area contributed by atoms with Crippen LogP contribution in [0.4, 0.5) is 5.69 Å². The largest absolute Gasteiger partial charge is 0.497 e. The van der Waals surface area contributed by atoms with E-state index in [1.807, 2.05) is 49.3 Å². The van der Waals surface area contributed by atoms with Gasteiger partial charge in [-0.25, -0.2) is 9.79 Å². The fraction of sp³-hybridized carbons (Fsp3) is 0.296. The molecule has 3 aromatic rings. The minimum Gasteiger partial charge on any atom is -0.497 e. The van der Waals surface area contributed by atoms with Crippen LogP contribution in [0.2, 0.25) is 0 Å². The summed E-state index contributed by atoms with van der Waals surface area (Å²) in [6, 6.07) is 12.5. The molecule has 0 saturated carbocycles. The molecule has 4 rings (SSSR count). The van der Waals surface area contributed by atoms with Gasteiger partial charge in [0.1, 0.15) is 17.5 Å². The fourth-order valence-electron chi connectivity index (χ4n) is 4.15. The Balaban J connectivity index is 1.94. The smallest absolute Gasteiger partial charge is 0.338 e. The van der Waals surface area contributed by atoms with Crippen LogP contribution in [0, 0.1) is 0 Å². The van der Waals surface area contributed by atoms with E-state index in [1.54, 1.807) is 50.8 Å². The fourth-order valence-corrected chi connectivity index (χ4v) is 5.20. The van der Waals surface area contributed by atoms with Gasteiger partial charge in [0.2, 0.25) is 0 Å². The van der Waals surface area contributed by atoms with Crippen LogP contribution in [-0.4, -0.2) is 45.5 Å². The van der Waals surface area contributed by atoms with E-state index >= 15 is 0 Å². The molecular formula is C27H29N3O5S. The van der Waals surface area contributed by atoms with Crippen LogP contribution in [0.15, 0.2) is 63.5 Å². The first-order chi connectivity index (χ1) is 17.3. The Morgan fingerprint density at radius 3 is 2.47 bits per heavy atom. The number of esters is 1. The molecule has 1 aliphatic rings. The predicted molar refractivity (Wildman–Crippen MR) is 141 cm³/mol. The molecule has 0 spiro atoms. The molecule has 9 heteroatoms. The summed E-state index contributed by atoms with van der Waals surface area (Å²) in [7, 11) is 7.06. The van der Waals surface area contributed by atoms with Gasteiger partial charge in [0, 0.05) is 31.4 Å². The predicted octanol–water partition coefficient (Wildman–Crippen LogP) is 2.88. The van der Waals surface area contributed by atoms with Crippen LogP contribution in [0.25, 0.3) is 6.08 Å². The second-order valence-electron chi connectivity index (χ2n) is 8.40. The van der Waals surface area contributed by atoms with E-state index in [-0.39, 0.29) is 12.2 Å². The molecule has 0 saturated heterocycles. The number of nitrogens with zero attached hydrogens (tertiary/aromatic N) is 3. The van der Waals surface area contributed by atoms with Crippen molar-refractivity contribution in [1.82, 2.24) is 4.57 Å². The second-order valence-corrected chi connectivity index (χ2v) is 9.41. The Bertz CT molecular complexity index is 1500. The van der Waals surface area contributed by atoms with Gasteiger partial charge in [-0.15, -0.1) is 0 Å². The first-order valence-electron chi connectivity index (χ1n) is 11.5. The lowest BCUT2D eigenvalue weighted by Gasteiger charge is -2.26. The van der Waals surface area contributed by atoms with Gasteiger partial charge in [-0.2, -0.15) is 0 Å². The van der Waals surface area contributed by atoms with Gasteiger partial charge in [-0.1, -0.05) is 23.5 Å². The highest BCUT2D eigenvalue weighted by Crippen LogP contribution is 2.37. The summed E-state index contributed by atoms with van der Waals surface area (Å²) in [5.74, 6) is 0.572. The van der Waals surface area contributed by atoms with Crippen molar-refractivity contribution in [2.24, 2.45) is 4.99 Å². The van der Waals surface area contributed by atoms with Crippen LogP contribution < -0.4 is 29.3 Å². The Hall–Kier alpha value is -3.85. The zero-order valence-electron chi connectivity index (χ0n) is 21.2. The average Bonchev–Trinajstić information content (AvgIpc) is 3.17. The van der Waals surface area contributed by atoms with Gasteiger partial charge in [0.15, 0.2) is 4.80 Å². The summed E-state index contributed by atoms with van der Waals surface area (Å²) in [6.45, 7) is 3.70. The van der Waals surface area contributed by atoms with E-state index in [9.17, 15) is 9.59 Å². The van der Waals surface area contributed by atoms with Crippen molar-refractivity contribution in [3.8, 4) is 11.5 Å². The van der Waals surface area contributed by atoms with Gasteiger partial charge in [0.05, 0.1) is 36.6 Å². The van der Waals surface area contributed by atoms with Gasteiger partial charge in [-0.05, 0) is 49.8 Å². The molecule has 36 heavy (non-hydrogen) atoms. The lowest BCUT2D eigenvalue weighted by Crippen LogP contribution is -2.40. The number of rotatable bonds is 7. The van der Waals surface area contributed by atoms with Crippen LogP contribution in [0.1, 0.15) is 31.0 Å². The minimum absolute atomic E-state index is 0.204. The molecule has 0 amide bonds. The number of aromatic nitrogens is 1. The number of anilines is 1. The molecule has 0 bridgehead atoms. The molecule has 1 aromatic heterocycles. The second kappa shape index (κ2) is 10.4. The molecule has 1 unspecified atom stereocenters. The van der Waals surface area contributed by atoms with Crippen LogP contribution in [0.5, 0.6) is 11.5 Å². The number of carbonyl (C=O) groups is 1. The van der Waals surface area contributed by atoms with E-state index in [2.05, 4.69) is 4.99 Å². The van der Waals surface area contributed by atoms with E-state index < -0.39 is 12.0 Å². The van der Waals surface area contributed by atoms with Gasteiger partial charge >= 0.3 is 5.97 Å². The highest BCUT2D eigenvalue weighted by atomic mass is 32.1. The third-order valence-electron chi connectivity index (χ3n) is 5.96. The Morgan fingerprint density at radius 2 is 1.86 bits per heavy atom. The Kier molecular flexibility index (Phi) is 7.30. The maximum absolute atomic E-state index is 13.8. The van der Waals surface area contributed by atoms with Crippen molar-refractivity contribution < 1.29 is 19.0 Å². The first kappa shape index (κ1) is 25.2. The van der Waals surface area contributed by atoms with Crippen molar-refractivity contribution in [3.05, 3.63) is 84.5 Å². The molecule has 1 aliphatic heterocycles. The normalized spacial score (nSPS) is 15.3. The van der Waals surface area contributed by atoms with E-state index in [1.165, 1.54) is 11.3 Å². The van der Waals surface area contributed by atoms with Crippen LogP contribution in [0.3, 0.4) is 0 Å². The highest BCUT2D eigenvalue weighted by molar-refractivity contribution is 7.07. The molecule has 0 N–H and O–H groups in total. The van der Waals surface area contributed by atoms with Crippen molar-refractivity contribution >= 4 is 29.1 Å². The number of hydrogen-bond donors (Lipinski definition) is 0. The van der Waals surface area contributed by atoms with Crippen molar-refractivity contribution in [3.63, 3.8) is 0 Å². The zero-order valence-corrected chi connectivity index (χ0v) is 22.0. The maximum atomic E-state index is 13.8. The monoisotopic (exact) mass is 507 g/mol. The van der Waals surface area contributed by atoms with Crippen molar-refractivity contribution in [2.75, 3.05) is 39.8 Å². The molecular weight excluding hydrogens is 478 g/mol. The number of methoxy groups -OCH3 is 2. The number of thiazole rings is 1. The van der Waals surface area contributed by atoms with Gasteiger partial charge in [0.25, 0.3) is 5.56 Å². The quantitative estimate of drug-likeness (QED) is 0.458. The number of ether oxygens (including phenoxy) is 3. The molecule has 1 atom stereocenters. The molecule has 2 heterocycles. The number of hydrogen-bond acceptors (Lipinski definition) is 8. The molecule has 8 nitrogen and oxygen atoms in total. The molecule has 0 aliphatic carbocycles. The van der Waals surface area contributed by atoms with Crippen LogP contribution >= 0.6 is 11.3 Å². The number of allylic oxidation sites excluding steroid dienone is 1. The minimum atomic E-state index is -0.764. The SMILES string of the molecule is CCOC(=O)C1=C(C)N=c2sc(=Cc3ccc(N(C)C)cc3)c(=O)n2C1c1ccc(OC)cc1OC. The van der Waals surface area contributed by atoms with E-state index in [0.717, 1.165) is 11.3 Å². The van der Waals surface area contributed by atoms with E-state index in [0.29, 0.717) is 37.7 Å². The molecule has 0 radical (unpaired) electrons. The standard InChI is InChI=1S/C27H29N3O5S/c1-7-35-26(32)23-16(2)28-27-30(24(23)20-13-12-19(33-5)15-21(20)34-6)25(31)22(36-27)14-17-8-10-18(11-9-17)29(3)4/h8-15,24H,7H2,1-6H3. The summed E-state index contributed by atoms with van der Waals surface area (Å²) < 4.78 is 18.4. The number of benzene rings is 2. The lowest BCUT2D eigenvalue weighted by molar-refractivity contribution is -0.139. The summed E-state index contributed by atoms with van der Waals surface area (Å²) in [6.07, 6.45) is 1.84. The average molecular weight is 508 g/mol. The van der Waals surface area contributed by atoms with E-state index in [4.69, 9.17) is 14.2 Å². The first-order valence-corrected chi connectivity index (χ1v) is 12.3. The summed E-state index contributed by atoms with van der Waals surface area (Å²) in [5, 5.41) is 0. The summed E-state index contributed by atoms with van der Waals surface area (Å²) >= 11 is 1.28. The Morgan fingerprint density at radius 1 is 1.14 bits per heavy atom. The van der Waals surface area contributed by atoms with Gasteiger partial charge < -0.3 is 19.1 Å². The third-order valence-corrected chi connectivity index (χ3v) is 6.94. The zero-order chi connectivity index (χ0) is 26.0. The van der Waals surface area contributed by atoms with Gasteiger partial charge in [-0.3, -0.25) is 9.36 Å². The lowest BCUT2D eigenvalue weighted by atomic mass is 9.95. The number of fused-ring (bicyclic) bond motifs is 1. The third kappa shape index (κ3) is 4.66. The summed E-state index contributed by atoms with van der Waals surface area (Å²) in [4.78, 5) is 34.0. The molecule has 188 valence electrons. The van der Waals surface area contributed by atoms with Crippen molar-refractivity contribution in [1.29, 1.82) is 0 Å². The topological polar surface area (TPSA) is 82.4 Å².